The van der Waals surface area contributed by atoms with Crippen molar-refractivity contribution in [2.45, 2.75) is 387 Å². The Kier molecular flexibility index (Phi) is 62.7. The fourth-order valence-corrected chi connectivity index (χ4v) is 12.5. The number of phosphoric ester groups is 2. The number of hydrogen-bond donors (Lipinski definition) is 3. The largest absolute Gasteiger partial charge is 0.472 e. The minimum absolute atomic E-state index is 0.104. The highest BCUT2D eigenvalue weighted by atomic mass is 31.2. The summed E-state index contributed by atoms with van der Waals surface area (Å²) in [6, 6.07) is 0. The monoisotopic (exact) mass is 1340 g/mol. The quantitative estimate of drug-likeness (QED) is 0.0222. The van der Waals surface area contributed by atoms with E-state index in [0.717, 1.165) is 102 Å². The van der Waals surface area contributed by atoms with E-state index in [9.17, 15) is 43.2 Å². The molecule has 2 unspecified atom stereocenters. The van der Waals surface area contributed by atoms with Crippen LogP contribution in [0.2, 0.25) is 0 Å². The van der Waals surface area contributed by atoms with Crippen LogP contribution in [0.15, 0.2) is 0 Å². The second kappa shape index (κ2) is 64.1. The normalized spacial score (nSPS) is 14.1. The number of aliphatic hydroxyl groups is 1. The highest BCUT2D eigenvalue weighted by Gasteiger charge is 2.30. The van der Waals surface area contributed by atoms with Gasteiger partial charge in [-0.3, -0.25) is 37.3 Å². The molecular formula is C72H140O17P2. The molecule has 0 amide bonds. The third-order valence-corrected chi connectivity index (χ3v) is 18.6. The zero-order valence-corrected chi connectivity index (χ0v) is 60.9. The van der Waals surface area contributed by atoms with Gasteiger partial charge in [0.05, 0.1) is 26.4 Å². The molecule has 5 atom stereocenters. The second-order valence-corrected chi connectivity index (χ2v) is 29.8. The van der Waals surface area contributed by atoms with Crippen molar-refractivity contribution in [3.05, 3.63) is 0 Å². The number of unbranched alkanes of at least 4 members (excludes halogenated alkanes) is 41. The van der Waals surface area contributed by atoms with Crippen LogP contribution in [-0.2, 0) is 65.4 Å². The molecule has 540 valence electrons. The summed E-state index contributed by atoms with van der Waals surface area (Å²) in [6.07, 6.45) is 49.9. The van der Waals surface area contributed by atoms with Gasteiger partial charge in [-0.05, 0) is 37.5 Å². The lowest BCUT2D eigenvalue weighted by Crippen LogP contribution is -2.30. The number of esters is 4. The van der Waals surface area contributed by atoms with E-state index in [-0.39, 0.29) is 25.7 Å². The Morgan fingerprint density at radius 2 is 0.505 bits per heavy atom. The summed E-state index contributed by atoms with van der Waals surface area (Å²) in [5.74, 6) is -0.677. The van der Waals surface area contributed by atoms with Crippen molar-refractivity contribution < 1.29 is 80.2 Å². The fourth-order valence-electron chi connectivity index (χ4n) is 10.9. The van der Waals surface area contributed by atoms with E-state index < -0.39 is 97.5 Å². The Hall–Kier alpha value is -1.94. The van der Waals surface area contributed by atoms with Gasteiger partial charge in [0.1, 0.15) is 19.3 Å². The molecule has 0 saturated carbocycles. The van der Waals surface area contributed by atoms with Gasteiger partial charge in [0.25, 0.3) is 0 Å². The Morgan fingerprint density at radius 3 is 0.747 bits per heavy atom. The van der Waals surface area contributed by atoms with Crippen molar-refractivity contribution >= 4 is 39.5 Å². The predicted molar refractivity (Wildman–Crippen MR) is 368 cm³/mol. The van der Waals surface area contributed by atoms with Gasteiger partial charge in [-0.2, -0.15) is 0 Å². The van der Waals surface area contributed by atoms with Crippen LogP contribution in [0.25, 0.3) is 0 Å². The van der Waals surface area contributed by atoms with E-state index in [4.69, 9.17) is 37.0 Å². The number of carbonyl (C=O) groups excluding carboxylic acids is 4. The van der Waals surface area contributed by atoms with Crippen LogP contribution in [0.4, 0.5) is 0 Å². The lowest BCUT2D eigenvalue weighted by atomic mass is 10.0. The number of rotatable bonds is 71. The summed E-state index contributed by atoms with van der Waals surface area (Å²) >= 11 is 0. The second-order valence-electron chi connectivity index (χ2n) is 26.9. The first-order chi connectivity index (χ1) is 43.9. The number of ether oxygens (including phenoxy) is 4. The molecule has 0 aliphatic carbocycles. The van der Waals surface area contributed by atoms with Crippen molar-refractivity contribution in [3.63, 3.8) is 0 Å². The van der Waals surface area contributed by atoms with Crippen LogP contribution in [0, 0.1) is 11.8 Å². The van der Waals surface area contributed by atoms with Gasteiger partial charge >= 0.3 is 39.5 Å². The first-order valence-corrected chi connectivity index (χ1v) is 40.5. The number of hydrogen-bond acceptors (Lipinski definition) is 15. The molecule has 0 fully saturated rings. The van der Waals surface area contributed by atoms with E-state index >= 15 is 0 Å². The molecule has 0 heterocycles. The van der Waals surface area contributed by atoms with Crippen LogP contribution in [0.3, 0.4) is 0 Å². The third-order valence-electron chi connectivity index (χ3n) is 16.7. The highest BCUT2D eigenvalue weighted by Crippen LogP contribution is 2.45. The van der Waals surface area contributed by atoms with Crippen LogP contribution < -0.4 is 0 Å². The van der Waals surface area contributed by atoms with Crippen molar-refractivity contribution in [1.29, 1.82) is 0 Å². The third kappa shape index (κ3) is 66.5. The van der Waals surface area contributed by atoms with Gasteiger partial charge in [0.2, 0.25) is 0 Å². The summed E-state index contributed by atoms with van der Waals surface area (Å²) in [5, 5.41) is 10.6. The van der Waals surface area contributed by atoms with E-state index in [1.807, 2.05) is 0 Å². The summed E-state index contributed by atoms with van der Waals surface area (Å²) in [4.78, 5) is 72.6. The summed E-state index contributed by atoms with van der Waals surface area (Å²) < 4.78 is 68.4. The number of phosphoric acid groups is 2. The smallest absolute Gasteiger partial charge is 0.462 e. The van der Waals surface area contributed by atoms with E-state index in [2.05, 4.69) is 41.5 Å². The van der Waals surface area contributed by atoms with Crippen LogP contribution in [0.5, 0.6) is 0 Å². The molecule has 3 N–H and O–H groups in total. The van der Waals surface area contributed by atoms with E-state index in [0.29, 0.717) is 25.7 Å². The van der Waals surface area contributed by atoms with Crippen molar-refractivity contribution in [1.82, 2.24) is 0 Å². The van der Waals surface area contributed by atoms with Crippen molar-refractivity contribution in [2.24, 2.45) is 11.8 Å². The van der Waals surface area contributed by atoms with Gasteiger partial charge in [-0.1, -0.05) is 318 Å². The summed E-state index contributed by atoms with van der Waals surface area (Å²) in [5.41, 5.74) is 0. The van der Waals surface area contributed by atoms with Gasteiger partial charge in [0, 0.05) is 25.7 Å². The Morgan fingerprint density at radius 1 is 0.297 bits per heavy atom. The van der Waals surface area contributed by atoms with Gasteiger partial charge < -0.3 is 33.8 Å². The van der Waals surface area contributed by atoms with E-state index in [1.165, 1.54) is 186 Å². The lowest BCUT2D eigenvalue weighted by Gasteiger charge is -2.21. The van der Waals surface area contributed by atoms with Crippen LogP contribution in [-0.4, -0.2) is 96.7 Å². The topological polar surface area (TPSA) is 237 Å². The summed E-state index contributed by atoms with van der Waals surface area (Å²) in [6.45, 7) is 9.50. The van der Waals surface area contributed by atoms with E-state index in [1.54, 1.807) is 0 Å². The Labute approximate surface area is 556 Å². The minimum Gasteiger partial charge on any atom is -0.462 e. The molecule has 0 bridgehead atoms. The maximum atomic E-state index is 13.0. The highest BCUT2D eigenvalue weighted by molar-refractivity contribution is 7.47. The minimum atomic E-state index is -4.95. The molecule has 17 nitrogen and oxygen atoms in total. The van der Waals surface area contributed by atoms with Crippen LogP contribution >= 0.6 is 15.6 Å². The zero-order valence-electron chi connectivity index (χ0n) is 59.1. The molecule has 0 aliphatic heterocycles. The molecular weight excluding hydrogens is 1200 g/mol. The average molecular weight is 1340 g/mol. The van der Waals surface area contributed by atoms with Crippen molar-refractivity contribution in [2.75, 3.05) is 39.6 Å². The Balaban J connectivity index is 5.25. The molecule has 0 aromatic rings. The zero-order chi connectivity index (χ0) is 67.2. The maximum absolute atomic E-state index is 13.0. The molecule has 0 radical (unpaired) electrons. The van der Waals surface area contributed by atoms with Gasteiger partial charge in [-0.15, -0.1) is 0 Å². The van der Waals surface area contributed by atoms with Crippen LogP contribution in [0.1, 0.15) is 369 Å². The van der Waals surface area contributed by atoms with Gasteiger partial charge in [0.15, 0.2) is 12.2 Å². The Bertz CT molecular complexity index is 1770. The predicted octanol–water partition coefficient (Wildman–Crippen LogP) is 20.8. The fraction of sp³-hybridized carbons (Fsp3) is 0.944. The molecule has 0 rings (SSSR count). The summed E-state index contributed by atoms with van der Waals surface area (Å²) in [7, 11) is -9.90. The molecule has 0 aliphatic rings. The molecule has 0 aromatic carbocycles. The first kappa shape index (κ1) is 89.1. The van der Waals surface area contributed by atoms with Gasteiger partial charge in [-0.25, -0.2) is 9.13 Å². The average Bonchev–Trinajstić information content (AvgIpc) is 3.46. The molecule has 0 aromatic heterocycles. The standard InChI is InChI=1S/C72H140O17P2/c1-7-9-11-13-15-17-19-21-23-25-27-29-38-44-50-56-71(76)88-67(60-82-69(74)54-48-42-36-28-26-24-22-20-18-16-14-12-10-8-2)62-86-90(78,79)84-58-66(73)59-85-91(80,81)87-63-68(89-72(77)57-51-45-39-33-31-35-41-47-53-65(5)6)61-83-70(75)55-49-43-37-32-30-34-40-46-52-64(3)4/h64-68,73H,7-63H2,1-6H3,(H,78,79)(H,80,81)/t66-,67-,68-/m1/s1. The van der Waals surface area contributed by atoms with Crippen molar-refractivity contribution in [3.8, 4) is 0 Å². The SMILES string of the molecule is CCCCCCCCCCCCCCCCCC(=O)O[C@H](COC(=O)CCCCCCCCCCCCCCCC)COP(=O)(O)OC[C@@H](O)COP(=O)(O)OC[C@@H](COC(=O)CCCCCCCCCCC(C)C)OC(=O)CCCCCCCCCCC(C)C. The molecule has 19 heteroatoms. The first-order valence-electron chi connectivity index (χ1n) is 37.5. The molecule has 0 saturated heterocycles. The molecule has 0 spiro atoms. The number of carbonyl (C=O) groups is 4. The lowest BCUT2D eigenvalue weighted by molar-refractivity contribution is -0.161. The maximum Gasteiger partial charge on any atom is 0.472 e. The molecule has 91 heavy (non-hydrogen) atoms. The number of aliphatic hydroxyl groups excluding tert-OH is 1.